The topological polar surface area (TPSA) is 40.5 Å². The zero-order valence-corrected chi connectivity index (χ0v) is 10.4. The molecular formula is C14H19NO2. The van der Waals surface area contributed by atoms with Gasteiger partial charge >= 0.3 is 5.97 Å². The molecular weight excluding hydrogens is 214 g/mol. The zero-order valence-electron chi connectivity index (χ0n) is 10.4. The number of carboxylic acids is 1. The first kappa shape index (κ1) is 12.1. The Kier molecular flexibility index (Phi) is 3.48. The number of fused-ring (bicyclic) bond motifs is 1. The van der Waals surface area contributed by atoms with Crippen LogP contribution in [0.3, 0.4) is 0 Å². The summed E-state index contributed by atoms with van der Waals surface area (Å²) in [5.41, 5.74) is 2.88. The minimum atomic E-state index is -0.839. The van der Waals surface area contributed by atoms with Crippen molar-refractivity contribution in [3.8, 4) is 0 Å². The van der Waals surface area contributed by atoms with Crippen LogP contribution in [0.5, 0.6) is 0 Å². The SMILES string of the molecule is CCC(C)N1CCc2ccc(C(=O)O)cc2C1. The molecule has 0 spiro atoms. The number of hydrogen-bond donors (Lipinski definition) is 1. The Morgan fingerprint density at radius 2 is 2.24 bits per heavy atom. The van der Waals surface area contributed by atoms with E-state index in [0.717, 1.165) is 25.9 Å². The Labute approximate surface area is 102 Å². The molecule has 1 aliphatic heterocycles. The summed E-state index contributed by atoms with van der Waals surface area (Å²) >= 11 is 0. The highest BCUT2D eigenvalue weighted by Crippen LogP contribution is 2.22. The van der Waals surface area contributed by atoms with E-state index < -0.39 is 5.97 Å². The zero-order chi connectivity index (χ0) is 12.4. The summed E-state index contributed by atoms with van der Waals surface area (Å²) in [7, 11) is 0. The van der Waals surface area contributed by atoms with Gasteiger partial charge in [-0.2, -0.15) is 0 Å². The maximum atomic E-state index is 10.9. The van der Waals surface area contributed by atoms with Gasteiger partial charge in [-0.1, -0.05) is 13.0 Å². The van der Waals surface area contributed by atoms with Gasteiger partial charge in [0.15, 0.2) is 0 Å². The van der Waals surface area contributed by atoms with Crippen LogP contribution in [0.4, 0.5) is 0 Å². The molecule has 0 fully saturated rings. The second-order valence-corrected chi connectivity index (χ2v) is 4.77. The molecule has 92 valence electrons. The molecule has 0 saturated carbocycles. The molecule has 1 N–H and O–H groups in total. The predicted molar refractivity (Wildman–Crippen MR) is 67.3 cm³/mol. The van der Waals surface area contributed by atoms with Gasteiger partial charge in [0.2, 0.25) is 0 Å². The molecule has 0 saturated heterocycles. The molecule has 0 aliphatic carbocycles. The normalized spacial score (nSPS) is 17.5. The largest absolute Gasteiger partial charge is 0.478 e. The summed E-state index contributed by atoms with van der Waals surface area (Å²) in [6.07, 6.45) is 2.16. The van der Waals surface area contributed by atoms with Crippen LogP contribution in [-0.2, 0) is 13.0 Å². The van der Waals surface area contributed by atoms with Crippen molar-refractivity contribution in [2.75, 3.05) is 6.54 Å². The van der Waals surface area contributed by atoms with E-state index in [1.54, 1.807) is 6.07 Å². The summed E-state index contributed by atoms with van der Waals surface area (Å²) in [5, 5.41) is 8.99. The van der Waals surface area contributed by atoms with Crippen molar-refractivity contribution >= 4 is 5.97 Å². The van der Waals surface area contributed by atoms with E-state index in [1.165, 1.54) is 11.1 Å². The number of carboxylic acid groups (broad SMARTS) is 1. The van der Waals surface area contributed by atoms with Gasteiger partial charge in [0.05, 0.1) is 5.56 Å². The van der Waals surface area contributed by atoms with Crippen LogP contribution in [0.15, 0.2) is 18.2 Å². The van der Waals surface area contributed by atoms with E-state index in [4.69, 9.17) is 5.11 Å². The van der Waals surface area contributed by atoms with Crippen molar-refractivity contribution in [1.82, 2.24) is 4.90 Å². The van der Waals surface area contributed by atoms with E-state index in [0.29, 0.717) is 11.6 Å². The Balaban J connectivity index is 2.23. The highest BCUT2D eigenvalue weighted by atomic mass is 16.4. The Morgan fingerprint density at radius 1 is 1.47 bits per heavy atom. The average Bonchev–Trinajstić information content (AvgIpc) is 2.36. The number of nitrogens with zero attached hydrogens (tertiary/aromatic N) is 1. The molecule has 17 heavy (non-hydrogen) atoms. The Morgan fingerprint density at radius 3 is 2.88 bits per heavy atom. The monoisotopic (exact) mass is 233 g/mol. The van der Waals surface area contributed by atoms with Crippen LogP contribution >= 0.6 is 0 Å². The van der Waals surface area contributed by atoms with Crippen molar-refractivity contribution in [2.24, 2.45) is 0 Å². The van der Waals surface area contributed by atoms with Gasteiger partial charge in [0.25, 0.3) is 0 Å². The third kappa shape index (κ3) is 2.50. The van der Waals surface area contributed by atoms with Crippen LogP contribution in [0.1, 0.15) is 41.8 Å². The van der Waals surface area contributed by atoms with E-state index in [2.05, 4.69) is 18.7 Å². The Bertz CT molecular complexity index is 428. The molecule has 2 rings (SSSR count). The van der Waals surface area contributed by atoms with Gasteiger partial charge in [0.1, 0.15) is 0 Å². The maximum Gasteiger partial charge on any atom is 0.335 e. The summed E-state index contributed by atoms with van der Waals surface area (Å²) in [5.74, 6) is -0.839. The van der Waals surface area contributed by atoms with Gasteiger partial charge in [-0.3, -0.25) is 4.90 Å². The quantitative estimate of drug-likeness (QED) is 0.872. The van der Waals surface area contributed by atoms with Crippen LogP contribution < -0.4 is 0 Å². The number of aromatic carboxylic acids is 1. The fourth-order valence-electron chi connectivity index (χ4n) is 2.35. The fraction of sp³-hybridized carbons (Fsp3) is 0.500. The first-order chi connectivity index (χ1) is 8.11. The summed E-state index contributed by atoms with van der Waals surface area (Å²) in [6.45, 7) is 6.37. The minimum Gasteiger partial charge on any atom is -0.478 e. The highest BCUT2D eigenvalue weighted by Gasteiger charge is 2.20. The van der Waals surface area contributed by atoms with Crippen LogP contribution in [0.25, 0.3) is 0 Å². The molecule has 3 heteroatoms. The molecule has 1 aliphatic rings. The van der Waals surface area contributed by atoms with E-state index in [9.17, 15) is 4.79 Å². The van der Waals surface area contributed by atoms with E-state index in [-0.39, 0.29) is 0 Å². The standard InChI is InChI=1S/C14H19NO2/c1-3-10(2)15-7-6-11-4-5-12(14(16)17)8-13(11)9-15/h4-5,8,10H,3,6-7,9H2,1-2H3,(H,16,17). The molecule has 1 atom stereocenters. The van der Waals surface area contributed by atoms with Crippen molar-refractivity contribution in [3.05, 3.63) is 34.9 Å². The summed E-state index contributed by atoms with van der Waals surface area (Å²) < 4.78 is 0. The lowest BCUT2D eigenvalue weighted by Crippen LogP contribution is -2.37. The lowest BCUT2D eigenvalue weighted by Gasteiger charge is -2.33. The van der Waals surface area contributed by atoms with Crippen LogP contribution in [-0.4, -0.2) is 28.6 Å². The first-order valence-electron chi connectivity index (χ1n) is 6.21. The van der Waals surface area contributed by atoms with Crippen molar-refractivity contribution in [2.45, 2.75) is 39.3 Å². The molecule has 0 aromatic heterocycles. The van der Waals surface area contributed by atoms with Crippen molar-refractivity contribution < 1.29 is 9.90 Å². The minimum absolute atomic E-state index is 0.398. The van der Waals surface area contributed by atoms with Gasteiger partial charge in [-0.25, -0.2) is 4.79 Å². The van der Waals surface area contributed by atoms with Gasteiger partial charge in [0, 0.05) is 19.1 Å². The Hall–Kier alpha value is -1.35. The van der Waals surface area contributed by atoms with Crippen molar-refractivity contribution in [1.29, 1.82) is 0 Å². The highest BCUT2D eigenvalue weighted by molar-refractivity contribution is 5.87. The summed E-state index contributed by atoms with van der Waals surface area (Å²) in [6, 6.07) is 6.07. The molecule has 3 nitrogen and oxygen atoms in total. The molecule has 0 bridgehead atoms. The second kappa shape index (κ2) is 4.88. The van der Waals surface area contributed by atoms with Gasteiger partial charge in [-0.05, 0) is 43.0 Å². The molecule has 1 aromatic carbocycles. The third-order valence-electron chi connectivity index (χ3n) is 3.71. The predicted octanol–water partition coefficient (Wildman–Crippen LogP) is 2.54. The maximum absolute atomic E-state index is 10.9. The third-order valence-corrected chi connectivity index (χ3v) is 3.71. The molecule has 0 radical (unpaired) electrons. The summed E-state index contributed by atoms with van der Waals surface area (Å²) in [4.78, 5) is 13.4. The van der Waals surface area contributed by atoms with Crippen LogP contribution in [0, 0.1) is 0 Å². The number of hydrogen-bond acceptors (Lipinski definition) is 2. The molecule has 1 unspecified atom stereocenters. The average molecular weight is 233 g/mol. The number of rotatable bonds is 3. The van der Waals surface area contributed by atoms with Crippen molar-refractivity contribution in [3.63, 3.8) is 0 Å². The lowest BCUT2D eigenvalue weighted by molar-refractivity contribution is 0.0696. The molecule has 0 amide bonds. The number of benzene rings is 1. The molecule has 1 aromatic rings. The molecule has 1 heterocycles. The lowest BCUT2D eigenvalue weighted by atomic mass is 9.96. The smallest absolute Gasteiger partial charge is 0.335 e. The van der Waals surface area contributed by atoms with Gasteiger partial charge in [-0.15, -0.1) is 0 Å². The van der Waals surface area contributed by atoms with E-state index >= 15 is 0 Å². The number of carbonyl (C=O) groups is 1. The van der Waals surface area contributed by atoms with E-state index in [1.807, 2.05) is 12.1 Å². The first-order valence-corrected chi connectivity index (χ1v) is 6.21. The van der Waals surface area contributed by atoms with Gasteiger partial charge < -0.3 is 5.11 Å². The van der Waals surface area contributed by atoms with Crippen LogP contribution in [0.2, 0.25) is 0 Å². The second-order valence-electron chi connectivity index (χ2n) is 4.77. The fourth-order valence-corrected chi connectivity index (χ4v) is 2.35.